The molecule has 1 N–H and O–H groups in total. The zero-order chi connectivity index (χ0) is 13.9. The van der Waals surface area contributed by atoms with Crippen molar-refractivity contribution in [3.8, 4) is 0 Å². The van der Waals surface area contributed by atoms with Crippen molar-refractivity contribution in [2.75, 3.05) is 12.8 Å². The Bertz CT molecular complexity index is 481. The highest BCUT2D eigenvalue weighted by molar-refractivity contribution is 7.91. The summed E-state index contributed by atoms with van der Waals surface area (Å²) in [5, 5.41) is 3.25. The second-order valence-electron chi connectivity index (χ2n) is 5.43. The fourth-order valence-corrected chi connectivity index (χ4v) is 4.25. The Labute approximate surface area is 115 Å². The Morgan fingerprint density at radius 2 is 2.26 bits per heavy atom. The molecule has 1 aliphatic carbocycles. The second-order valence-corrected chi connectivity index (χ2v) is 7.75. The van der Waals surface area contributed by atoms with Gasteiger partial charge in [-0.15, -0.1) is 0 Å². The van der Waals surface area contributed by atoms with Crippen LogP contribution in [0.5, 0.6) is 0 Å². The molecule has 108 valence electrons. The van der Waals surface area contributed by atoms with Crippen LogP contribution in [0.4, 0.5) is 0 Å². The van der Waals surface area contributed by atoms with Crippen molar-refractivity contribution in [2.45, 2.75) is 43.9 Å². The highest BCUT2D eigenvalue weighted by atomic mass is 32.2. The maximum absolute atomic E-state index is 11.8. The molecule has 3 atom stereocenters. The van der Waals surface area contributed by atoms with Crippen molar-refractivity contribution >= 4 is 9.84 Å². The summed E-state index contributed by atoms with van der Waals surface area (Å²) in [6, 6.07) is 3.98. The Morgan fingerprint density at radius 1 is 1.47 bits per heavy atom. The molecule has 0 aliphatic heterocycles. The van der Waals surface area contributed by atoms with Crippen LogP contribution in [0.2, 0.25) is 0 Å². The molecule has 3 unspecified atom stereocenters. The summed E-state index contributed by atoms with van der Waals surface area (Å²) in [6.45, 7) is 2.91. The van der Waals surface area contributed by atoms with E-state index in [-0.39, 0.29) is 11.3 Å². The van der Waals surface area contributed by atoms with Gasteiger partial charge in [-0.2, -0.15) is 0 Å². The van der Waals surface area contributed by atoms with Gasteiger partial charge < -0.3 is 9.73 Å². The molecule has 0 bridgehead atoms. The van der Waals surface area contributed by atoms with Crippen LogP contribution in [0.1, 0.15) is 44.4 Å². The van der Waals surface area contributed by atoms with Gasteiger partial charge in [0.25, 0.3) is 0 Å². The smallest absolute Gasteiger partial charge is 0.150 e. The van der Waals surface area contributed by atoms with Crippen LogP contribution in [0.3, 0.4) is 0 Å². The molecule has 1 saturated carbocycles. The topological polar surface area (TPSA) is 59.3 Å². The van der Waals surface area contributed by atoms with E-state index in [9.17, 15) is 8.42 Å². The van der Waals surface area contributed by atoms with Crippen molar-refractivity contribution in [3.63, 3.8) is 0 Å². The van der Waals surface area contributed by atoms with E-state index < -0.39 is 9.84 Å². The lowest BCUT2D eigenvalue weighted by atomic mass is 9.82. The minimum absolute atomic E-state index is 0.129. The lowest BCUT2D eigenvalue weighted by Crippen LogP contribution is -2.35. The van der Waals surface area contributed by atoms with Crippen LogP contribution in [0.15, 0.2) is 22.8 Å². The van der Waals surface area contributed by atoms with Gasteiger partial charge in [-0.3, -0.25) is 0 Å². The van der Waals surface area contributed by atoms with E-state index in [0.29, 0.717) is 5.92 Å². The minimum Gasteiger partial charge on any atom is -0.468 e. The first-order valence-electron chi connectivity index (χ1n) is 6.98. The summed E-state index contributed by atoms with van der Waals surface area (Å²) in [5.41, 5.74) is 0. The predicted octanol–water partition coefficient (Wildman–Crippen LogP) is 2.53. The van der Waals surface area contributed by atoms with Crippen LogP contribution in [-0.4, -0.2) is 26.5 Å². The maximum atomic E-state index is 11.8. The third-order valence-electron chi connectivity index (χ3n) is 4.02. The Kier molecular flexibility index (Phi) is 4.68. The molecule has 1 aromatic heterocycles. The third kappa shape index (κ3) is 3.60. The first-order valence-corrected chi connectivity index (χ1v) is 8.93. The number of hydrogen-bond donors (Lipinski definition) is 1. The summed E-state index contributed by atoms with van der Waals surface area (Å²) < 4.78 is 29.0. The highest BCUT2D eigenvalue weighted by Crippen LogP contribution is 2.36. The normalized spacial score (nSPS) is 26.2. The molecule has 19 heavy (non-hydrogen) atoms. The van der Waals surface area contributed by atoms with Crippen LogP contribution >= 0.6 is 0 Å². The van der Waals surface area contributed by atoms with E-state index in [1.807, 2.05) is 12.1 Å². The molecule has 2 rings (SSSR count). The Hall–Kier alpha value is -0.810. The zero-order valence-corrected chi connectivity index (χ0v) is 12.4. The molecular weight excluding hydrogens is 262 g/mol. The molecule has 0 saturated heterocycles. The quantitative estimate of drug-likeness (QED) is 0.903. The molecule has 0 spiro atoms. The summed E-state index contributed by atoms with van der Waals surface area (Å²) in [4.78, 5) is 0. The minimum atomic E-state index is -2.93. The van der Waals surface area contributed by atoms with Crippen molar-refractivity contribution in [1.82, 2.24) is 5.32 Å². The van der Waals surface area contributed by atoms with Crippen molar-refractivity contribution in [3.05, 3.63) is 24.2 Å². The van der Waals surface area contributed by atoms with Gasteiger partial charge in [0.15, 0.2) is 0 Å². The molecule has 1 heterocycles. The molecule has 5 heteroatoms. The fourth-order valence-electron chi connectivity index (χ4n) is 3.06. The van der Waals surface area contributed by atoms with Gasteiger partial charge in [-0.1, -0.05) is 13.3 Å². The van der Waals surface area contributed by atoms with Gasteiger partial charge in [0, 0.05) is 6.26 Å². The molecule has 1 aliphatic rings. The van der Waals surface area contributed by atoms with Crippen LogP contribution < -0.4 is 5.32 Å². The van der Waals surface area contributed by atoms with E-state index in [1.165, 1.54) is 6.26 Å². The average molecular weight is 285 g/mol. The molecule has 1 fully saturated rings. The van der Waals surface area contributed by atoms with E-state index in [4.69, 9.17) is 4.42 Å². The summed E-state index contributed by atoms with van der Waals surface area (Å²) in [7, 11) is -2.93. The number of hydrogen-bond acceptors (Lipinski definition) is 4. The van der Waals surface area contributed by atoms with E-state index >= 15 is 0 Å². The SMILES string of the molecule is CCNC(c1ccco1)C1CCCC(S(C)(=O)=O)C1. The second kappa shape index (κ2) is 6.09. The Morgan fingerprint density at radius 3 is 2.84 bits per heavy atom. The number of sulfone groups is 1. The van der Waals surface area contributed by atoms with Gasteiger partial charge in [0.1, 0.15) is 15.6 Å². The highest BCUT2D eigenvalue weighted by Gasteiger charge is 2.34. The lowest BCUT2D eigenvalue weighted by Gasteiger charge is -2.33. The van der Waals surface area contributed by atoms with Gasteiger partial charge in [-0.05, 0) is 43.9 Å². The lowest BCUT2D eigenvalue weighted by molar-refractivity contribution is 0.248. The van der Waals surface area contributed by atoms with Crippen LogP contribution in [0.25, 0.3) is 0 Å². The van der Waals surface area contributed by atoms with Gasteiger partial charge in [0.05, 0.1) is 17.6 Å². The van der Waals surface area contributed by atoms with Crippen molar-refractivity contribution in [2.24, 2.45) is 5.92 Å². The van der Waals surface area contributed by atoms with Crippen LogP contribution in [-0.2, 0) is 9.84 Å². The maximum Gasteiger partial charge on any atom is 0.150 e. The summed E-state index contributed by atoms with van der Waals surface area (Å²) in [6.07, 6.45) is 6.60. The number of rotatable bonds is 5. The summed E-state index contributed by atoms with van der Waals surface area (Å²) >= 11 is 0. The standard InChI is InChI=1S/C14H23NO3S/c1-3-15-14(13-8-5-9-18-13)11-6-4-7-12(10-11)19(2,16)17/h5,8-9,11-12,14-15H,3-4,6-7,10H2,1-2H3. The molecular formula is C14H23NO3S. The van der Waals surface area contributed by atoms with Crippen LogP contribution in [0, 0.1) is 5.92 Å². The monoisotopic (exact) mass is 285 g/mol. The number of nitrogens with one attached hydrogen (secondary N) is 1. The predicted molar refractivity (Wildman–Crippen MR) is 75.7 cm³/mol. The zero-order valence-electron chi connectivity index (χ0n) is 11.6. The third-order valence-corrected chi connectivity index (χ3v) is 5.66. The summed E-state index contributed by atoms with van der Waals surface area (Å²) in [5.74, 6) is 1.25. The fraction of sp³-hybridized carbons (Fsp3) is 0.714. The molecule has 1 aromatic rings. The van der Waals surface area contributed by atoms with Crippen molar-refractivity contribution < 1.29 is 12.8 Å². The first-order chi connectivity index (χ1) is 9.02. The van der Waals surface area contributed by atoms with E-state index in [0.717, 1.165) is 38.0 Å². The average Bonchev–Trinajstić information content (AvgIpc) is 2.88. The van der Waals surface area contributed by atoms with Gasteiger partial charge in [0.2, 0.25) is 0 Å². The molecule has 0 amide bonds. The Balaban J connectivity index is 2.13. The number of furan rings is 1. The van der Waals surface area contributed by atoms with Gasteiger partial charge in [-0.25, -0.2) is 8.42 Å². The van der Waals surface area contributed by atoms with Crippen molar-refractivity contribution in [1.29, 1.82) is 0 Å². The molecule has 0 radical (unpaired) electrons. The van der Waals surface area contributed by atoms with Gasteiger partial charge >= 0.3 is 0 Å². The van der Waals surface area contributed by atoms with E-state index in [1.54, 1.807) is 6.26 Å². The largest absolute Gasteiger partial charge is 0.468 e. The molecule has 4 nitrogen and oxygen atoms in total. The molecule has 0 aromatic carbocycles. The first kappa shape index (κ1) is 14.6. The van der Waals surface area contributed by atoms with E-state index in [2.05, 4.69) is 12.2 Å².